The van der Waals surface area contributed by atoms with E-state index in [2.05, 4.69) is 5.32 Å². The van der Waals surface area contributed by atoms with Crippen LogP contribution in [-0.4, -0.2) is 41.5 Å². The minimum Gasteiger partial charge on any atom is -0.508 e. The molecule has 2 aromatic rings. The Balaban J connectivity index is 1.86. The Labute approximate surface area is 192 Å². The lowest BCUT2D eigenvalue weighted by Crippen LogP contribution is -2.22. The van der Waals surface area contributed by atoms with Crippen LogP contribution in [0.4, 0.5) is 0 Å². The van der Waals surface area contributed by atoms with Gasteiger partial charge < -0.3 is 25.4 Å². The number of aliphatic hydroxyl groups excluding tert-OH is 2. The van der Waals surface area contributed by atoms with E-state index in [0.29, 0.717) is 6.42 Å². The number of hydrogen-bond donors (Lipinski definition) is 4. The molecule has 0 aliphatic carbocycles. The van der Waals surface area contributed by atoms with E-state index in [9.17, 15) is 15.3 Å². The van der Waals surface area contributed by atoms with Gasteiger partial charge in [-0.1, -0.05) is 49.2 Å². The van der Waals surface area contributed by atoms with Crippen molar-refractivity contribution in [1.29, 1.82) is 0 Å². The van der Waals surface area contributed by atoms with Crippen molar-refractivity contribution in [1.82, 2.24) is 5.32 Å². The first-order valence-electron chi connectivity index (χ1n) is 14.2. The fraction of sp³-hybridized carbons (Fsp3) is 0.520. The molecule has 2 aromatic carbocycles. The summed E-state index contributed by atoms with van der Waals surface area (Å²) in [6.07, 6.45) is -5.73. The molecule has 30 heavy (non-hydrogen) atoms. The molecule has 0 heterocycles. The zero-order valence-electron chi connectivity index (χ0n) is 25.1. The first kappa shape index (κ1) is 15.0. The molecule has 0 fully saturated rings. The molecule has 1 atom stereocenters. The summed E-state index contributed by atoms with van der Waals surface area (Å²) >= 11 is 0. The third-order valence-corrected chi connectivity index (χ3v) is 4.45. The molecular formula is C25H37NO4. The topological polar surface area (TPSA) is 82.0 Å². The summed E-state index contributed by atoms with van der Waals surface area (Å²) in [4.78, 5) is 0. The van der Waals surface area contributed by atoms with Crippen LogP contribution in [-0.2, 0) is 17.8 Å². The van der Waals surface area contributed by atoms with Crippen LogP contribution in [0.2, 0.25) is 0 Å². The number of rotatable bonds is 16. The molecule has 2 rings (SSSR count). The van der Waals surface area contributed by atoms with E-state index in [-0.39, 0.29) is 23.5 Å². The van der Waals surface area contributed by atoms with E-state index in [0.717, 1.165) is 18.4 Å². The Morgan fingerprint density at radius 2 is 1.80 bits per heavy atom. The number of unbranched alkanes of at least 4 members (excludes halogenated alkanes) is 1. The number of benzene rings is 2. The van der Waals surface area contributed by atoms with Crippen molar-refractivity contribution in [3.63, 3.8) is 0 Å². The molecule has 5 nitrogen and oxygen atoms in total. The number of hydrogen-bond acceptors (Lipinski definition) is 5. The lowest BCUT2D eigenvalue weighted by Gasteiger charge is -2.14. The van der Waals surface area contributed by atoms with Crippen molar-refractivity contribution in [2.75, 3.05) is 26.2 Å². The number of aliphatic hydroxyl groups is 2. The Hall–Kier alpha value is -1.92. The van der Waals surface area contributed by atoms with Gasteiger partial charge in [0.1, 0.15) is 5.75 Å². The zero-order valence-corrected chi connectivity index (χ0v) is 17.1. The van der Waals surface area contributed by atoms with Gasteiger partial charge in [-0.2, -0.15) is 0 Å². The van der Waals surface area contributed by atoms with Crippen LogP contribution in [0.3, 0.4) is 0 Å². The van der Waals surface area contributed by atoms with E-state index < -0.39 is 57.9 Å². The third-order valence-electron chi connectivity index (χ3n) is 4.45. The van der Waals surface area contributed by atoms with E-state index in [1.54, 1.807) is 0 Å². The maximum absolute atomic E-state index is 10.4. The van der Waals surface area contributed by atoms with Gasteiger partial charge in [-0.05, 0) is 61.8 Å². The van der Waals surface area contributed by atoms with Crippen LogP contribution in [0.25, 0.3) is 0 Å². The second kappa shape index (κ2) is 15.0. The highest BCUT2D eigenvalue weighted by Crippen LogP contribution is 2.22. The number of ether oxygens (including phenoxy) is 1. The van der Waals surface area contributed by atoms with Gasteiger partial charge in [-0.25, -0.2) is 0 Å². The molecule has 0 saturated heterocycles. The smallest absolute Gasteiger partial charge is 0.121 e. The second-order valence-electron chi connectivity index (χ2n) is 6.81. The first-order valence-corrected chi connectivity index (χ1v) is 10.2. The van der Waals surface area contributed by atoms with Gasteiger partial charge in [0, 0.05) is 33.5 Å². The van der Waals surface area contributed by atoms with Crippen LogP contribution in [0.1, 0.15) is 72.2 Å². The predicted molar refractivity (Wildman–Crippen MR) is 121 cm³/mol. The molecule has 4 N–H and O–H groups in total. The monoisotopic (exact) mass is 423 g/mol. The fourth-order valence-corrected chi connectivity index (χ4v) is 2.76. The van der Waals surface area contributed by atoms with Gasteiger partial charge in [0.05, 0.1) is 15.5 Å². The summed E-state index contributed by atoms with van der Waals surface area (Å²) in [6, 6.07) is 13.8. The highest BCUT2D eigenvalue weighted by Gasteiger charge is 2.09. The van der Waals surface area contributed by atoms with Crippen molar-refractivity contribution in [2.24, 2.45) is 0 Å². The second-order valence-corrected chi connectivity index (χ2v) is 6.81. The SMILES string of the molecule is [2H]C([2H])(CCC([2H])([2H])C([2H])([2H])OCCCCc1ccccc1)C([2H])([2H])NCC(O)c1ccc(O)c(CO)c1. The van der Waals surface area contributed by atoms with Crippen LogP contribution < -0.4 is 5.32 Å². The van der Waals surface area contributed by atoms with Gasteiger partial charge in [-0.3, -0.25) is 0 Å². The number of nitrogens with one attached hydrogen (secondary N) is 1. The predicted octanol–water partition coefficient (Wildman–Crippen LogP) is 4.11. The minimum atomic E-state index is -2.70. The summed E-state index contributed by atoms with van der Waals surface area (Å²) in [5.74, 6) is -0.159. The maximum atomic E-state index is 10.4. The van der Waals surface area contributed by atoms with E-state index in [4.69, 9.17) is 15.7 Å². The molecule has 0 spiro atoms. The summed E-state index contributed by atoms with van der Waals surface area (Å²) in [5, 5.41) is 31.6. The highest BCUT2D eigenvalue weighted by molar-refractivity contribution is 5.36. The van der Waals surface area contributed by atoms with E-state index in [1.807, 2.05) is 30.3 Å². The van der Waals surface area contributed by atoms with Crippen molar-refractivity contribution in [3.8, 4) is 5.75 Å². The van der Waals surface area contributed by atoms with Crippen LogP contribution in [0.5, 0.6) is 5.75 Å². The standard InChI is InChI=1S/C25H37NO4/c27-20-23-18-22(13-14-24(23)28)25(29)19-26-15-7-1-2-8-16-30-17-9-6-12-21-10-4-3-5-11-21/h3-5,10-11,13-14,18,25-29H,1-2,6-9,12,15-17,19-20H2/i7D2,8D2,15D2,16D2. The molecule has 0 radical (unpaired) electrons. The van der Waals surface area contributed by atoms with Crippen LogP contribution in [0, 0.1) is 0 Å². The Morgan fingerprint density at radius 3 is 2.60 bits per heavy atom. The van der Waals surface area contributed by atoms with Crippen molar-refractivity contribution in [2.45, 2.75) is 57.6 Å². The maximum Gasteiger partial charge on any atom is 0.121 e. The largest absolute Gasteiger partial charge is 0.508 e. The van der Waals surface area contributed by atoms with Gasteiger partial charge in [0.25, 0.3) is 0 Å². The normalized spacial score (nSPS) is 18.1. The number of aromatic hydroxyl groups is 1. The molecule has 5 heteroatoms. The lowest BCUT2D eigenvalue weighted by atomic mass is 10.1. The average Bonchev–Trinajstić information content (AvgIpc) is 2.86. The quantitative estimate of drug-likeness (QED) is 0.306. The molecule has 0 aliphatic rings. The summed E-state index contributed by atoms with van der Waals surface area (Å²) in [5.41, 5.74) is 1.59. The average molecular weight is 424 g/mol. The Morgan fingerprint density at radius 1 is 1.00 bits per heavy atom. The lowest BCUT2D eigenvalue weighted by molar-refractivity contribution is 0.126. The van der Waals surface area contributed by atoms with Crippen LogP contribution in [0.15, 0.2) is 48.5 Å². The van der Waals surface area contributed by atoms with Crippen LogP contribution >= 0.6 is 0 Å². The molecule has 0 bridgehead atoms. The molecule has 0 saturated carbocycles. The molecule has 166 valence electrons. The molecule has 0 aliphatic heterocycles. The first-order chi connectivity index (χ1) is 17.6. The Bertz CT molecular complexity index is 1010. The van der Waals surface area contributed by atoms with Crippen molar-refractivity contribution in [3.05, 3.63) is 65.2 Å². The van der Waals surface area contributed by atoms with Gasteiger partial charge in [0.15, 0.2) is 0 Å². The number of phenols is 1. The van der Waals surface area contributed by atoms with E-state index in [1.165, 1.54) is 18.2 Å². The summed E-state index contributed by atoms with van der Waals surface area (Å²) < 4.78 is 70.2. The molecule has 1 unspecified atom stereocenters. The highest BCUT2D eigenvalue weighted by atomic mass is 16.5. The van der Waals surface area contributed by atoms with E-state index >= 15 is 0 Å². The van der Waals surface area contributed by atoms with Crippen molar-refractivity contribution >= 4 is 0 Å². The zero-order chi connectivity index (χ0) is 28.6. The molecular weight excluding hydrogens is 378 g/mol. The summed E-state index contributed by atoms with van der Waals surface area (Å²) in [6.45, 7) is -6.26. The minimum absolute atomic E-state index is 0.0121. The molecule has 0 aromatic heterocycles. The van der Waals surface area contributed by atoms with Gasteiger partial charge in [-0.15, -0.1) is 0 Å². The molecule has 0 amide bonds. The van der Waals surface area contributed by atoms with Gasteiger partial charge in [0.2, 0.25) is 0 Å². The summed E-state index contributed by atoms with van der Waals surface area (Å²) in [7, 11) is 0. The Kier molecular flexibility index (Phi) is 7.47. The number of aryl methyl sites for hydroxylation is 1. The van der Waals surface area contributed by atoms with Crippen molar-refractivity contribution < 1.29 is 31.0 Å². The fourth-order valence-electron chi connectivity index (χ4n) is 2.76. The van der Waals surface area contributed by atoms with Gasteiger partial charge >= 0.3 is 0 Å². The third kappa shape index (κ3) is 9.72.